The minimum atomic E-state index is 0.0967. The molecule has 1 aromatic carbocycles. The van der Waals surface area contributed by atoms with Crippen molar-refractivity contribution in [2.75, 3.05) is 19.7 Å². The molecule has 2 unspecified atom stereocenters. The van der Waals surface area contributed by atoms with Gasteiger partial charge in [-0.1, -0.05) is 28.1 Å². The van der Waals surface area contributed by atoms with E-state index in [1.54, 1.807) is 0 Å². The summed E-state index contributed by atoms with van der Waals surface area (Å²) in [6, 6.07) is 6.63. The Hall–Kier alpha value is -0.420. The second-order valence-corrected chi connectivity index (χ2v) is 5.94. The summed E-state index contributed by atoms with van der Waals surface area (Å²) in [5.41, 5.74) is 8.54. The first kappa shape index (κ1) is 14.0. The number of halogens is 1. The van der Waals surface area contributed by atoms with Gasteiger partial charge in [0.05, 0.1) is 12.7 Å². The lowest BCUT2D eigenvalue weighted by molar-refractivity contribution is -0.0403. The van der Waals surface area contributed by atoms with Gasteiger partial charge in [0.2, 0.25) is 0 Å². The molecule has 0 amide bonds. The first-order valence-electron chi connectivity index (χ1n) is 6.41. The third kappa shape index (κ3) is 3.54. The van der Waals surface area contributed by atoms with Crippen molar-refractivity contribution in [3.05, 3.63) is 33.8 Å². The van der Waals surface area contributed by atoms with Crippen molar-refractivity contribution >= 4 is 15.9 Å². The number of ether oxygens (including phenoxy) is 1. The highest BCUT2D eigenvalue weighted by Crippen LogP contribution is 2.19. The van der Waals surface area contributed by atoms with Crippen molar-refractivity contribution in [1.29, 1.82) is 0 Å². The summed E-state index contributed by atoms with van der Waals surface area (Å²) in [6.45, 7) is 7.79. The lowest BCUT2D eigenvalue weighted by atomic mass is 10.1. The lowest BCUT2D eigenvalue weighted by Gasteiger charge is -2.34. The van der Waals surface area contributed by atoms with Crippen LogP contribution in [0, 0.1) is 6.92 Å². The zero-order valence-electron chi connectivity index (χ0n) is 11.0. The molecule has 100 valence electrons. The lowest BCUT2D eigenvalue weighted by Crippen LogP contribution is -2.49. The zero-order valence-corrected chi connectivity index (χ0v) is 12.6. The number of rotatable bonds is 3. The van der Waals surface area contributed by atoms with Crippen molar-refractivity contribution < 1.29 is 4.74 Å². The highest BCUT2D eigenvalue weighted by molar-refractivity contribution is 9.10. The molecule has 18 heavy (non-hydrogen) atoms. The number of morpholine rings is 1. The van der Waals surface area contributed by atoms with Crippen LogP contribution in [0.5, 0.6) is 0 Å². The fraction of sp³-hybridized carbons (Fsp3) is 0.571. The molecule has 1 saturated heterocycles. The molecule has 2 rings (SSSR count). The van der Waals surface area contributed by atoms with Crippen LogP contribution >= 0.6 is 15.9 Å². The van der Waals surface area contributed by atoms with Crippen LogP contribution in [0.1, 0.15) is 18.1 Å². The van der Waals surface area contributed by atoms with E-state index in [0.29, 0.717) is 0 Å². The smallest absolute Gasteiger partial charge is 0.0850 e. The molecule has 0 spiro atoms. The quantitative estimate of drug-likeness (QED) is 0.931. The molecule has 3 nitrogen and oxygen atoms in total. The molecule has 2 N–H and O–H groups in total. The van der Waals surface area contributed by atoms with Gasteiger partial charge in [-0.05, 0) is 31.0 Å². The van der Waals surface area contributed by atoms with Gasteiger partial charge in [-0.3, -0.25) is 4.90 Å². The molecule has 0 saturated carbocycles. The SMILES string of the molecule is Cc1cc(CN2CCOC(C(C)N)C2)ccc1Br. The molecule has 2 atom stereocenters. The van der Waals surface area contributed by atoms with Gasteiger partial charge in [0.15, 0.2) is 0 Å². The summed E-state index contributed by atoms with van der Waals surface area (Å²) >= 11 is 3.53. The zero-order chi connectivity index (χ0) is 13.1. The third-order valence-corrected chi connectivity index (χ3v) is 4.28. The Bertz CT molecular complexity index is 409. The standard InChI is InChI=1S/C14H21BrN2O/c1-10-7-12(3-4-13(10)15)8-17-5-6-18-14(9-17)11(2)16/h3-4,7,11,14H,5-6,8-9,16H2,1-2H3. The van der Waals surface area contributed by atoms with E-state index in [1.807, 2.05) is 6.92 Å². The topological polar surface area (TPSA) is 38.5 Å². The van der Waals surface area contributed by atoms with Crippen LogP contribution in [-0.2, 0) is 11.3 Å². The summed E-state index contributed by atoms with van der Waals surface area (Å²) in [6.07, 6.45) is 0.162. The summed E-state index contributed by atoms with van der Waals surface area (Å²) in [4.78, 5) is 2.42. The van der Waals surface area contributed by atoms with Gasteiger partial charge in [0.1, 0.15) is 0 Å². The van der Waals surface area contributed by atoms with Crippen molar-refractivity contribution in [2.45, 2.75) is 32.5 Å². The van der Waals surface area contributed by atoms with Gasteiger partial charge in [0.25, 0.3) is 0 Å². The normalized spacial score (nSPS) is 23.0. The second-order valence-electron chi connectivity index (χ2n) is 5.09. The van der Waals surface area contributed by atoms with Crippen molar-refractivity contribution in [1.82, 2.24) is 4.90 Å². The van der Waals surface area contributed by atoms with Crippen LogP contribution in [-0.4, -0.2) is 36.7 Å². The number of nitrogens with zero attached hydrogens (tertiary/aromatic N) is 1. The van der Waals surface area contributed by atoms with Crippen LogP contribution in [0.3, 0.4) is 0 Å². The average molecular weight is 313 g/mol. The minimum Gasteiger partial charge on any atom is -0.374 e. The fourth-order valence-electron chi connectivity index (χ4n) is 2.26. The van der Waals surface area contributed by atoms with Crippen LogP contribution < -0.4 is 5.73 Å². The van der Waals surface area contributed by atoms with E-state index in [2.05, 4.69) is 46.0 Å². The maximum absolute atomic E-state index is 5.91. The molecular weight excluding hydrogens is 292 g/mol. The molecule has 1 aliphatic heterocycles. The predicted octanol–water partition coefficient (Wildman–Crippen LogP) is 2.31. The Labute approximate surface area is 117 Å². The Morgan fingerprint density at radius 3 is 3.00 bits per heavy atom. The maximum Gasteiger partial charge on any atom is 0.0850 e. The Balaban J connectivity index is 1.98. The number of hydrogen-bond donors (Lipinski definition) is 1. The largest absolute Gasteiger partial charge is 0.374 e. The van der Waals surface area contributed by atoms with Crippen LogP contribution in [0.25, 0.3) is 0 Å². The number of aryl methyl sites for hydroxylation is 1. The van der Waals surface area contributed by atoms with Crippen molar-refractivity contribution in [3.8, 4) is 0 Å². The van der Waals surface area contributed by atoms with E-state index in [-0.39, 0.29) is 12.1 Å². The fourth-order valence-corrected chi connectivity index (χ4v) is 2.50. The number of benzene rings is 1. The van der Waals surface area contributed by atoms with Gasteiger partial charge in [-0.15, -0.1) is 0 Å². The summed E-state index contributed by atoms with van der Waals surface area (Å²) in [5, 5.41) is 0. The first-order valence-corrected chi connectivity index (χ1v) is 7.20. The predicted molar refractivity (Wildman–Crippen MR) is 77.5 cm³/mol. The van der Waals surface area contributed by atoms with Gasteiger partial charge in [-0.2, -0.15) is 0 Å². The summed E-state index contributed by atoms with van der Waals surface area (Å²) in [7, 11) is 0. The third-order valence-electron chi connectivity index (χ3n) is 3.39. The van der Waals surface area contributed by atoms with Gasteiger partial charge >= 0.3 is 0 Å². The van der Waals surface area contributed by atoms with Crippen molar-refractivity contribution in [2.24, 2.45) is 5.73 Å². The molecule has 0 aromatic heterocycles. The highest BCUT2D eigenvalue weighted by atomic mass is 79.9. The molecule has 0 bridgehead atoms. The van der Waals surface area contributed by atoms with Gasteiger partial charge in [-0.25, -0.2) is 0 Å². The molecular formula is C14H21BrN2O. The Kier molecular flexibility index (Phi) is 4.78. The van der Waals surface area contributed by atoms with Gasteiger partial charge < -0.3 is 10.5 Å². The van der Waals surface area contributed by atoms with E-state index in [0.717, 1.165) is 26.2 Å². The monoisotopic (exact) mass is 312 g/mol. The molecule has 4 heteroatoms. The van der Waals surface area contributed by atoms with E-state index in [9.17, 15) is 0 Å². The minimum absolute atomic E-state index is 0.0967. The Morgan fingerprint density at radius 2 is 2.33 bits per heavy atom. The summed E-state index contributed by atoms with van der Waals surface area (Å²) in [5.74, 6) is 0. The molecule has 1 fully saturated rings. The average Bonchev–Trinajstić information content (AvgIpc) is 2.34. The van der Waals surface area contributed by atoms with E-state index >= 15 is 0 Å². The molecule has 0 aliphatic carbocycles. The summed E-state index contributed by atoms with van der Waals surface area (Å²) < 4.78 is 6.84. The van der Waals surface area contributed by atoms with Crippen LogP contribution in [0.2, 0.25) is 0 Å². The molecule has 1 aliphatic rings. The van der Waals surface area contributed by atoms with E-state index in [4.69, 9.17) is 10.5 Å². The second kappa shape index (κ2) is 6.15. The van der Waals surface area contributed by atoms with Crippen LogP contribution in [0.4, 0.5) is 0 Å². The molecule has 1 heterocycles. The molecule has 1 aromatic rings. The molecule has 0 radical (unpaired) electrons. The van der Waals surface area contributed by atoms with Crippen molar-refractivity contribution in [3.63, 3.8) is 0 Å². The number of hydrogen-bond acceptors (Lipinski definition) is 3. The van der Waals surface area contributed by atoms with Crippen LogP contribution in [0.15, 0.2) is 22.7 Å². The van der Waals surface area contributed by atoms with E-state index < -0.39 is 0 Å². The highest BCUT2D eigenvalue weighted by Gasteiger charge is 2.23. The maximum atomic E-state index is 5.91. The first-order chi connectivity index (χ1) is 8.56. The van der Waals surface area contributed by atoms with E-state index in [1.165, 1.54) is 15.6 Å². The number of nitrogens with two attached hydrogens (primary N) is 1. The Morgan fingerprint density at radius 1 is 1.56 bits per heavy atom. The van der Waals surface area contributed by atoms with Gasteiger partial charge in [0, 0.05) is 30.1 Å².